The van der Waals surface area contributed by atoms with Crippen molar-refractivity contribution in [2.45, 2.75) is 19.3 Å². The fourth-order valence-corrected chi connectivity index (χ4v) is 3.56. The molecule has 1 fully saturated rings. The average molecular weight is 455 g/mol. The van der Waals surface area contributed by atoms with Crippen LogP contribution < -0.4 is 10.6 Å². The lowest BCUT2D eigenvalue weighted by molar-refractivity contribution is 0.210. The first-order valence-electron chi connectivity index (χ1n) is 8.94. The quantitative estimate of drug-likeness (QED) is 0.369. The molecular formula is C19H30IN5. The summed E-state index contributed by atoms with van der Waals surface area (Å²) in [6.45, 7) is 4.29. The lowest BCUT2D eigenvalue weighted by Gasteiger charge is -2.30. The van der Waals surface area contributed by atoms with Gasteiger partial charge >= 0.3 is 0 Å². The lowest BCUT2D eigenvalue weighted by Crippen LogP contribution is -2.44. The maximum absolute atomic E-state index is 4.35. The van der Waals surface area contributed by atoms with E-state index in [2.05, 4.69) is 63.0 Å². The smallest absolute Gasteiger partial charge is 0.190 e. The van der Waals surface area contributed by atoms with E-state index in [9.17, 15) is 0 Å². The zero-order valence-corrected chi connectivity index (χ0v) is 17.5. The molecule has 1 aromatic heterocycles. The van der Waals surface area contributed by atoms with Crippen LogP contribution in [0.2, 0.25) is 0 Å². The van der Waals surface area contributed by atoms with Crippen molar-refractivity contribution in [3.05, 3.63) is 36.0 Å². The molecule has 1 atom stereocenters. The van der Waals surface area contributed by atoms with Crippen LogP contribution >= 0.6 is 24.0 Å². The third-order valence-corrected chi connectivity index (χ3v) is 4.87. The van der Waals surface area contributed by atoms with E-state index in [0.29, 0.717) is 0 Å². The third kappa shape index (κ3) is 5.60. The van der Waals surface area contributed by atoms with Crippen LogP contribution in [0.3, 0.4) is 0 Å². The van der Waals surface area contributed by atoms with Crippen molar-refractivity contribution in [1.82, 2.24) is 20.5 Å². The molecule has 0 radical (unpaired) electrons. The molecule has 1 aromatic carbocycles. The Hall–Kier alpha value is -1.28. The van der Waals surface area contributed by atoms with Gasteiger partial charge in [-0.25, -0.2) is 0 Å². The second kappa shape index (κ2) is 10.0. The summed E-state index contributed by atoms with van der Waals surface area (Å²) in [6.07, 6.45) is 5.70. The van der Waals surface area contributed by atoms with Crippen LogP contribution in [-0.2, 0) is 6.42 Å². The van der Waals surface area contributed by atoms with E-state index < -0.39 is 0 Å². The van der Waals surface area contributed by atoms with Crippen LogP contribution in [0.5, 0.6) is 0 Å². The summed E-state index contributed by atoms with van der Waals surface area (Å²) in [7, 11) is 4.05. The molecule has 0 spiro atoms. The number of piperidine rings is 1. The highest BCUT2D eigenvalue weighted by Crippen LogP contribution is 2.17. The zero-order chi connectivity index (χ0) is 16.8. The molecule has 2 heterocycles. The molecule has 25 heavy (non-hydrogen) atoms. The normalized spacial score (nSPS) is 18.8. The molecule has 3 N–H and O–H groups in total. The van der Waals surface area contributed by atoms with Crippen molar-refractivity contribution in [2.24, 2.45) is 10.9 Å². The number of aliphatic imine (C=N–C) groups is 1. The Labute approximate surface area is 167 Å². The predicted octanol–water partition coefficient (Wildman–Crippen LogP) is 2.84. The molecule has 3 rings (SSSR count). The van der Waals surface area contributed by atoms with Gasteiger partial charge in [-0.1, -0.05) is 18.2 Å². The molecule has 1 aliphatic rings. The molecule has 0 saturated carbocycles. The minimum Gasteiger partial charge on any atom is -0.361 e. The van der Waals surface area contributed by atoms with Gasteiger partial charge in [0.15, 0.2) is 5.96 Å². The molecule has 0 bridgehead atoms. The summed E-state index contributed by atoms with van der Waals surface area (Å²) in [5, 5.41) is 8.23. The Bertz CT molecular complexity index is 681. The van der Waals surface area contributed by atoms with Gasteiger partial charge < -0.3 is 20.5 Å². The minimum absolute atomic E-state index is 0. The summed E-state index contributed by atoms with van der Waals surface area (Å²) in [5.41, 5.74) is 2.55. The number of para-hydroxylation sites is 1. The van der Waals surface area contributed by atoms with E-state index in [-0.39, 0.29) is 24.0 Å². The number of guanidine groups is 1. The number of aromatic amines is 1. The lowest BCUT2D eigenvalue weighted by atomic mass is 9.99. The second-order valence-corrected chi connectivity index (χ2v) is 6.76. The van der Waals surface area contributed by atoms with E-state index in [1.54, 1.807) is 0 Å². The maximum atomic E-state index is 4.35. The van der Waals surface area contributed by atoms with Crippen LogP contribution in [0.15, 0.2) is 35.5 Å². The highest BCUT2D eigenvalue weighted by molar-refractivity contribution is 14.0. The number of fused-ring (bicyclic) bond motifs is 1. The summed E-state index contributed by atoms with van der Waals surface area (Å²) in [5.74, 6) is 1.62. The molecule has 1 unspecified atom stereocenters. The number of likely N-dealkylation sites (tertiary alicyclic amines) is 1. The monoisotopic (exact) mass is 455 g/mol. The van der Waals surface area contributed by atoms with Crippen molar-refractivity contribution in [2.75, 3.05) is 40.3 Å². The second-order valence-electron chi connectivity index (χ2n) is 6.76. The van der Waals surface area contributed by atoms with Gasteiger partial charge in [0.05, 0.1) is 0 Å². The van der Waals surface area contributed by atoms with E-state index in [4.69, 9.17) is 0 Å². The number of H-pyrrole nitrogens is 1. The Morgan fingerprint density at radius 3 is 2.96 bits per heavy atom. The molecule has 138 valence electrons. The molecule has 5 nitrogen and oxygen atoms in total. The Kier molecular flexibility index (Phi) is 8.02. The van der Waals surface area contributed by atoms with Crippen molar-refractivity contribution < 1.29 is 0 Å². The number of hydrogen-bond acceptors (Lipinski definition) is 2. The number of aromatic nitrogens is 1. The van der Waals surface area contributed by atoms with Gasteiger partial charge in [0.2, 0.25) is 0 Å². The maximum Gasteiger partial charge on any atom is 0.190 e. The van der Waals surface area contributed by atoms with Gasteiger partial charge in [-0.2, -0.15) is 0 Å². The standard InChI is InChI=1S/C19H29N5.HI/c1-20-19(23-12-15-6-5-11-24(2)14-15)21-10-9-16-13-22-18-8-4-3-7-17(16)18;/h3-4,7-8,13,15,22H,5-6,9-12,14H2,1-2H3,(H2,20,21,23);1H. The summed E-state index contributed by atoms with van der Waals surface area (Å²) < 4.78 is 0. The number of halogens is 1. The Balaban J connectivity index is 0.00000225. The third-order valence-electron chi connectivity index (χ3n) is 4.87. The Morgan fingerprint density at radius 2 is 2.16 bits per heavy atom. The molecule has 0 amide bonds. The highest BCUT2D eigenvalue weighted by Gasteiger charge is 2.17. The molecule has 1 aliphatic heterocycles. The van der Waals surface area contributed by atoms with Crippen molar-refractivity contribution >= 4 is 40.8 Å². The summed E-state index contributed by atoms with van der Waals surface area (Å²) in [6, 6.07) is 8.45. The van der Waals surface area contributed by atoms with Crippen LogP contribution in [0.25, 0.3) is 10.9 Å². The minimum atomic E-state index is 0. The fraction of sp³-hybridized carbons (Fsp3) is 0.526. The Morgan fingerprint density at radius 1 is 1.32 bits per heavy atom. The van der Waals surface area contributed by atoms with Gasteiger partial charge in [-0.15, -0.1) is 24.0 Å². The van der Waals surface area contributed by atoms with Crippen molar-refractivity contribution in [1.29, 1.82) is 0 Å². The number of nitrogens with zero attached hydrogens (tertiary/aromatic N) is 2. The van der Waals surface area contributed by atoms with Gasteiger partial charge in [-0.05, 0) is 50.4 Å². The first kappa shape index (κ1) is 20.0. The first-order chi connectivity index (χ1) is 11.8. The summed E-state index contributed by atoms with van der Waals surface area (Å²) >= 11 is 0. The topological polar surface area (TPSA) is 55.5 Å². The number of rotatable bonds is 5. The predicted molar refractivity (Wildman–Crippen MR) is 117 cm³/mol. The molecule has 2 aromatic rings. The van der Waals surface area contributed by atoms with E-state index in [1.165, 1.54) is 42.4 Å². The van der Waals surface area contributed by atoms with Gasteiger partial charge in [0.1, 0.15) is 0 Å². The summed E-state index contributed by atoms with van der Waals surface area (Å²) in [4.78, 5) is 10.1. The van der Waals surface area contributed by atoms with Crippen molar-refractivity contribution in [3.63, 3.8) is 0 Å². The zero-order valence-electron chi connectivity index (χ0n) is 15.2. The number of benzene rings is 1. The fourth-order valence-electron chi connectivity index (χ4n) is 3.56. The number of hydrogen-bond donors (Lipinski definition) is 3. The molecule has 1 saturated heterocycles. The van der Waals surface area contributed by atoms with E-state index >= 15 is 0 Å². The van der Waals surface area contributed by atoms with Crippen LogP contribution in [0, 0.1) is 5.92 Å². The van der Waals surface area contributed by atoms with Gasteiger partial charge in [-0.3, -0.25) is 4.99 Å². The molecular weight excluding hydrogens is 425 g/mol. The van der Waals surface area contributed by atoms with E-state index in [0.717, 1.165) is 31.4 Å². The highest BCUT2D eigenvalue weighted by atomic mass is 127. The average Bonchev–Trinajstić information content (AvgIpc) is 3.01. The van der Waals surface area contributed by atoms with Crippen LogP contribution in [-0.4, -0.2) is 56.1 Å². The molecule has 6 heteroatoms. The largest absolute Gasteiger partial charge is 0.361 e. The first-order valence-corrected chi connectivity index (χ1v) is 8.94. The SMILES string of the molecule is CN=C(NCCc1c[nH]c2ccccc12)NCC1CCCN(C)C1.I. The van der Waals surface area contributed by atoms with Crippen LogP contribution in [0.4, 0.5) is 0 Å². The van der Waals surface area contributed by atoms with Gasteiger partial charge in [0.25, 0.3) is 0 Å². The van der Waals surface area contributed by atoms with E-state index in [1.807, 2.05) is 7.05 Å². The van der Waals surface area contributed by atoms with Gasteiger partial charge in [0, 0.05) is 43.8 Å². The molecule has 0 aliphatic carbocycles. The number of nitrogens with one attached hydrogen (secondary N) is 3. The van der Waals surface area contributed by atoms with Crippen molar-refractivity contribution in [3.8, 4) is 0 Å². The van der Waals surface area contributed by atoms with Crippen LogP contribution in [0.1, 0.15) is 18.4 Å².